The Bertz CT molecular complexity index is 1410. The van der Waals surface area contributed by atoms with Crippen LogP contribution in [0.5, 0.6) is 0 Å². The number of hydrogen-bond donors (Lipinski definition) is 3. The van der Waals surface area contributed by atoms with Crippen molar-refractivity contribution in [3.8, 4) is 11.1 Å². The third-order valence-corrected chi connectivity index (χ3v) is 7.40. The highest BCUT2D eigenvalue weighted by molar-refractivity contribution is 5.99. The number of aliphatic imine (C=N–C) groups is 1. The molecule has 1 fully saturated rings. The quantitative estimate of drug-likeness (QED) is 0.222. The molecule has 45 heavy (non-hydrogen) atoms. The van der Waals surface area contributed by atoms with Crippen LogP contribution in [0.1, 0.15) is 71.4 Å². The first-order chi connectivity index (χ1) is 21.1. The van der Waals surface area contributed by atoms with Crippen LogP contribution >= 0.6 is 0 Å². The van der Waals surface area contributed by atoms with Crippen LogP contribution in [0.25, 0.3) is 11.1 Å². The average Bonchev–Trinajstić information content (AvgIpc) is 3.26. The van der Waals surface area contributed by atoms with Crippen LogP contribution in [0.15, 0.2) is 53.5 Å². The first-order valence-corrected chi connectivity index (χ1v) is 15.0. The molecule has 0 radical (unpaired) electrons. The Hall–Kier alpha value is -4.61. The lowest BCUT2D eigenvalue weighted by Gasteiger charge is -2.36. The molecule has 1 atom stereocenters. The molecule has 242 valence electrons. The molecule has 12 nitrogen and oxygen atoms in total. The second-order valence-electron chi connectivity index (χ2n) is 13.2. The normalized spacial score (nSPS) is 16.2. The monoisotopic (exact) mass is 622 g/mol. The van der Waals surface area contributed by atoms with Crippen LogP contribution < -0.4 is 10.6 Å². The largest absolute Gasteiger partial charge is 0.480 e. The number of aliphatic carboxylic acids is 1. The summed E-state index contributed by atoms with van der Waals surface area (Å²) in [5, 5.41) is 15.1. The van der Waals surface area contributed by atoms with E-state index >= 15 is 0 Å². The van der Waals surface area contributed by atoms with Gasteiger partial charge in [0.25, 0.3) is 0 Å². The summed E-state index contributed by atoms with van der Waals surface area (Å²) in [7, 11) is 0. The van der Waals surface area contributed by atoms with Crippen LogP contribution in [0.4, 0.5) is 14.4 Å². The van der Waals surface area contributed by atoms with Crippen molar-refractivity contribution in [1.82, 2.24) is 15.5 Å². The Kier molecular flexibility index (Phi) is 10.0. The van der Waals surface area contributed by atoms with E-state index in [4.69, 9.17) is 14.2 Å². The maximum atomic E-state index is 12.9. The number of likely N-dealkylation sites (tertiary alicyclic amines) is 1. The number of nitrogens with zero attached hydrogens (tertiary/aromatic N) is 2. The zero-order valence-corrected chi connectivity index (χ0v) is 26.6. The first-order valence-electron chi connectivity index (χ1n) is 15.0. The van der Waals surface area contributed by atoms with Gasteiger partial charge in [-0.15, -0.1) is 4.99 Å². The first kappa shape index (κ1) is 33.3. The van der Waals surface area contributed by atoms with E-state index < -0.39 is 47.4 Å². The van der Waals surface area contributed by atoms with E-state index in [1.54, 1.807) is 46.4 Å². The lowest BCUT2D eigenvalue weighted by molar-refractivity contribution is -0.141. The molecule has 1 saturated heterocycles. The summed E-state index contributed by atoms with van der Waals surface area (Å²) in [5.41, 5.74) is 2.70. The van der Waals surface area contributed by atoms with E-state index in [2.05, 4.69) is 15.6 Å². The minimum absolute atomic E-state index is 0.0610. The van der Waals surface area contributed by atoms with Gasteiger partial charge in [0.2, 0.25) is 5.96 Å². The summed E-state index contributed by atoms with van der Waals surface area (Å²) in [6, 6.07) is 14.7. The number of alkyl carbamates (subject to hydrolysis) is 2. The number of hydrogen-bond acceptors (Lipinski definition) is 7. The van der Waals surface area contributed by atoms with Gasteiger partial charge >= 0.3 is 24.2 Å². The number of ether oxygens (including phenoxy) is 3. The van der Waals surface area contributed by atoms with Crippen LogP contribution in [-0.4, -0.2) is 77.2 Å². The maximum Gasteiger partial charge on any atom is 0.437 e. The Labute approximate surface area is 263 Å². The number of carboxylic acids is 1. The molecule has 0 bridgehead atoms. The number of carbonyl (C=O) groups is 4. The van der Waals surface area contributed by atoms with Gasteiger partial charge in [-0.2, -0.15) is 0 Å². The van der Waals surface area contributed by atoms with E-state index in [1.807, 2.05) is 48.5 Å². The molecule has 2 aliphatic rings. The smallest absolute Gasteiger partial charge is 0.437 e. The predicted molar refractivity (Wildman–Crippen MR) is 167 cm³/mol. The molecule has 12 heteroatoms. The molecule has 1 heterocycles. The molecule has 1 aliphatic heterocycles. The molecule has 0 saturated carbocycles. The maximum absolute atomic E-state index is 12.9. The highest BCUT2D eigenvalue weighted by Gasteiger charge is 2.36. The number of piperidine rings is 1. The van der Waals surface area contributed by atoms with Crippen molar-refractivity contribution in [1.29, 1.82) is 0 Å². The van der Waals surface area contributed by atoms with E-state index in [1.165, 1.54) is 0 Å². The van der Waals surface area contributed by atoms with Gasteiger partial charge in [0, 0.05) is 19.0 Å². The summed E-state index contributed by atoms with van der Waals surface area (Å²) >= 11 is 0. The van der Waals surface area contributed by atoms with Crippen molar-refractivity contribution in [2.75, 3.05) is 19.7 Å². The number of carbonyl (C=O) groups excluding carboxylic acids is 3. The second kappa shape index (κ2) is 13.6. The highest BCUT2D eigenvalue weighted by Crippen LogP contribution is 2.44. The standard InChI is InChI=1S/C33H42N4O8/c1-32(2,3)44-30(41)35-28(36-31(42)45-33(4,5)6)37-17-15-20(16-18-37)26(27(38)39)34-29(40)43-19-25-23-13-9-7-11-21(23)22-12-8-10-14-24(22)25/h7-14,20,25-26H,15-19H2,1-6H3,(H,34,40)(H,38,39)(H,35,36,41,42)/t26-/m0/s1. The van der Waals surface area contributed by atoms with Gasteiger partial charge in [-0.05, 0) is 82.6 Å². The third-order valence-electron chi connectivity index (χ3n) is 7.40. The van der Waals surface area contributed by atoms with Crippen LogP contribution in [-0.2, 0) is 19.0 Å². The van der Waals surface area contributed by atoms with Crippen molar-refractivity contribution >= 4 is 30.2 Å². The van der Waals surface area contributed by atoms with Crippen molar-refractivity contribution in [2.24, 2.45) is 10.9 Å². The second-order valence-corrected chi connectivity index (χ2v) is 13.2. The van der Waals surface area contributed by atoms with E-state index in [0.29, 0.717) is 12.8 Å². The van der Waals surface area contributed by atoms with E-state index in [0.717, 1.165) is 22.3 Å². The Morgan fingerprint density at radius 1 is 0.867 bits per heavy atom. The molecule has 0 spiro atoms. The minimum Gasteiger partial charge on any atom is -0.480 e. The van der Waals surface area contributed by atoms with Crippen LogP contribution in [0.3, 0.4) is 0 Å². The van der Waals surface area contributed by atoms with Crippen molar-refractivity contribution in [2.45, 2.75) is 77.5 Å². The van der Waals surface area contributed by atoms with Gasteiger partial charge < -0.3 is 29.5 Å². The molecule has 3 N–H and O–H groups in total. The third kappa shape index (κ3) is 8.96. The summed E-state index contributed by atoms with van der Waals surface area (Å²) in [6.07, 6.45) is -1.86. The molecule has 1 aliphatic carbocycles. The molecule has 2 aromatic rings. The van der Waals surface area contributed by atoms with Gasteiger partial charge in [-0.3, -0.25) is 5.32 Å². The number of fused-ring (bicyclic) bond motifs is 3. The molecule has 0 unspecified atom stereocenters. The zero-order chi connectivity index (χ0) is 32.9. The molecule has 2 aromatic carbocycles. The summed E-state index contributed by atoms with van der Waals surface area (Å²) in [5.74, 6) is -1.84. The lowest BCUT2D eigenvalue weighted by Crippen LogP contribution is -2.53. The van der Waals surface area contributed by atoms with Crippen molar-refractivity contribution < 1.29 is 38.5 Å². The number of rotatable bonds is 5. The number of nitrogens with one attached hydrogen (secondary N) is 2. The van der Waals surface area contributed by atoms with Gasteiger partial charge in [-0.25, -0.2) is 19.2 Å². The summed E-state index contributed by atoms with van der Waals surface area (Å²) < 4.78 is 16.2. The van der Waals surface area contributed by atoms with E-state index in [9.17, 15) is 24.3 Å². The van der Waals surface area contributed by atoms with Crippen LogP contribution in [0.2, 0.25) is 0 Å². The fourth-order valence-corrected chi connectivity index (χ4v) is 5.54. The Morgan fingerprint density at radius 3 is 1.91 bits per heavy atom. The molecule has 3 amide bonds. The number of amides is 3. The predicted octanol–water partition coefficient (Wildman–Crippen LogP) is 5.51. The average molecular weight is 623 g/mol. The molecular formula is C33H42N4O8. The van der Waals surface area contributed by atoms with E-state index in [-0.39, 0.29) is 31.6 Å². The summed E-state index contributed by atoms with van der Waals surface area (Å²) in [4.78, 5) is 55.8. The lowest BCUT2D eigenvalue weighted by atomic mass is 9.89. The topological polar surface area (TPSA) is 156 Å². The number of guanidine groups is 1. The van der Waals surface area contributed by atoms with Gasteiger partial charge in [0.15, 0.2) is 0 Å². The molecular weight excluding hydrogens is 580 g/mol. The van der Waals surface area contributed by atoms with Gasteiger partial charge in [0.1, 0.15) is 23.9 Å². The molecule has 0 aromatic heterocycles. The Balaban J connectivity index is 1.38. The fraction of sp³-hybridized carbons (Fsp3) is 0.485. The van der Waals surface area contributed by atoms with Crippen LogP contribution in [0, 0.1) is 5.92 Å². The summed E-state index contributed by atoms with van der Waals surface area (Å²) in [6.45, 7) is 10.8. The van der Waals surface area contributed by atoms with Gasteiger partial charge in [-0.1, -0.05) is 48.5 Å². The zero-order valence-electron chi connectivity index (χ0n) is 26.6. The minimum atomic E-state index is -1.20. The number of benzene rings is 2. The SMILES string of the molecule is CC(C)(C)OC(=O)/N=C(/NC(=O)OC(C)(C)C)N1CCC([C@H](NC(=O)OCC2c3ccccc3-c3ccccc32)C(=O)O)CC1. The number of carboxylic acid groups (broad SMARTS) is 1. The highest BCUT2D eigenvalue weighted by atomic mass is 16.6. The van der Waals surface area contributed by atoms with Crippen molar-refractivity contribution in [3.63, 3.8) is 0 Å². The molecule has 4 rings (SSSR count). The Morgan fingerprint density at radius 2 is 1.40 bits per heavy atom. The fourth-order valence-electron chi connectivity index (χ4n) is 5.54. The van der Waals surface area contributed by atoms with Gasteiger partial charge in [0.05, 0.1) is 0 Å². The van der Waals surface area contributed by atoms with Crippen molar-refractivity contribution in [3.05, 3.63) is 59.7 Å².